The molecule has 1 heterocycles. The summed E-state index contributed by atoms with van der Waals surface area (Å²) in [7, 11) is 0. The van der Waals surface area contributed by atoms with Crippen LogP contribution in [0.25, 0.3) is 20.2 Å². The second kappa shape index (κ2) is 6.99. The Kier molecular flexibility index (Phi) is 4.35. The van der Waals surface area contributed by atoms with Crippen molar-refractivity contribution in [1.82, 2.24) is 0 Å². The van der Waals surface area contributed by atoms with Crippen molar-refractivity contribution in [2.45, 2.75) is 12.5 Å². The minimum absolute atomic E-state index is 0.312. The minimum Gasteiger partial charge on any atom is -0.334 e. The van der Waals surface area contributed by atoms with Crippen LogP contribution in [-0.2, 0) is 0 Å². The maximum atomic E-state index is 3.84. The molecule has 1 aliphatic rings. The molecule has 5 rings (SSSR count). The first kappa shape index (κ1) is 16.8. The number of para-hydroxylation sites is 1. The highest BCUT2D eigenvalue weighted by molar-refractivity contribution is 9.10. The SMILES string of the molecule is Brc1cc(N(c2ccccc2)C2C=CC=CC2)cc2c1sc1ccccc12. The number of thiophene rings is 1. The molecule has 0 saturated carbocycles. The molecule has 0 spiro atoms. The van der Waals surface area contributed by atoms with E-state index < -0.39 is 0 Å². The summed E-state index contributed by atoms with van der Waals surface area (Å²) in [4.78, 5) is 2.44. The van der Waals surface area contributed by atoms with Crippen LogP contribution in [-0.4, -0.2) is 6.04 Å². The Labute approximate surface area is 171 Å². The van der Waals surface area contributed by atoms with Crippen molar-refractivity contribution in [3.8, 4) is 0 Å². The first-order chi connectivity index (χ1) is 13.3. The van der Waals surface area contributed by atoms with Gasteiger partial charge in [0.05, 0.1) is 6.04 Å². The van der Waals surface area contributed by atoms with Gasteiger partial charge in [0, 0.05) is 36.0 Å². The number of hydrogen-bond acceptors (Lipinski definition) is 2. The Bertz CT molecular complexity index is 1170. The number of anilines is 2. The molecule has 1 aliphatic carbocycles. The van der Waals surface area contributed by atoms with Gasteiger partial charge >= 0.3 is 0 Å². The summed E-state index contributed by atoms with van der Waals surface area (Å²) in [6.07, 6.45) is 9.82. The normalized spacial score (nSPS) is 16.3. The molecule has 3 heteroatoms. The monoisotopic (exact) mass is 431 g/mol. The van der Waals surface area contributed by atoms with Gasteiger partial charge in [0.15, 0.2) is 0 Å². The van der Waals surface area contributed by atoms with Gasteiger partial charge in [0.1, 0.15) is 0 Å². The predicted octanol–water partition coefficient (Wildman–Crippen LogP) is 7.84. The second-order valence-corrected chi connectivity index (χ2v) is 8.63. The topological polar surface area (TPSA) is 3.24 Å². The molecule has 1 nitrogen and oxygen atoms in total. The Balaban J connectivity index is 1.73. The highest BCUT2D eigenvalue weighted by Gasteiger charge is 2.21. The number of rotatable bonds is 3. The lowest BCUT2D eigenvalue weighted by Crippen LogP contribution is -2.29. The summed E-state index contributed by atoms with van der Waals surface area (Å²) in [6.45, 7) is 0. The second-order valence-electron chi connectivity index (χ2n) is 6.72. The summed E-state index contributed by atoms with van der Waals surface area (Å²) < 4.78 is 3.80. The van der Waals surface area contributed by atoms with Crippen molar-refractivity contribution in [1.29, 1.82) is 0 Å². The van der Waals surface area contributed by atoms with Crippen molar-refractivity contribution >= 4 is 58.8 Å². The smallest absolute Gasteiger partial charge is 0.0559 e. The zero-order chi connectivity index (χ0) is 18.2. The lowest BCUT2D eigenvalue weighted by atomic mass is 10.0. The van der Waals surface area contributed by atoms with Gasteiger partial charge in [-0.05, 0) is 52.7 Å². The quantitative estimate of drug-likeness (QED) is 0.319. The van der Waals surface area contributed by atoms with Crippen LogP contribution in [0, 0.1) is 0 Å². The zero-order valence-corrected chi connectivity index (χ0v) is 17.1. The number of allylic oxidation sites excluding steroid dienone is 2. The van der Waals surface area contributed by atoms with Crippen LogP contribution < -0.4 is 4.90 Å². The van der Waals surface area contributed by atoms with Crippen LogP contribution in [0.1, 0.15) is 6.42 Å². The first-order valence-corrected chi connectivity index (χ1v) is 10.7. The van der Waals surface area contributed by atoms with Crippen molar-refractivity contribution in [2.75, 3.05) is 4.90 Å². The van der Waals surface area contributed by atoms with Crippen LogP contribution in [0.3, 0.4) is 0 Å². The molecule has 0 aliphatic heterocycles. The fraction of sp³-hybridized carbons (Fsp3) is 0.0833. The van der Waals surface area contributed by atoms with E-state index in [1.807, 2.05) is 11.3 Å². The molecule has 0 fully saturated rings. The molecule has 3 aromatic carbocycles. The predicted molar refractivity (Wildman–Crippen MR) is 122 cm³/mol. The Morgan fingerprint density at radius 2 is 1.67 bits per heavy atom. The number of fused-ring (bicyclic) bond motifs is 3. The zero-order valence-electron chi connectivity index (χ0n) is 14.7. The Hall–Kier alpha value is -2.36. The van der Waals surface area contributed by atoms with E-state index in [4.69, 9.17) is 0 Å². The summed E-state index contributed by atoms with van der Waals surface area (Å²) in [5, 5.41) is 2.64. The van der Waals surface area contributed by atoms with E-state index in [0.717, 1.165) is 10.9 Å². The molecule has 1 atom stereocenters. The molecule has 0 N–H and O–H groups in total. The molecule has 1 unspecified atom stereocenters. The Morgan fingerprint density at radius 3 is 2.48 bits per heavy atom. The van der Waals surface area contributed by atoms with Gasteiger partial charge in [0.25, 0.3) is 0 Å². The average Bonchev–Trinajstić information content (AvgIpc) is 3.10. The summed E-state index contributed by atoms with van der Waals surface area (Å²) in [6, 6.07) is 24.3. The van der Waals surface area contributed by atoms with Crippen LogP contribution in [0.15, 0.2) is 95.5 Å². The van der Waals surface area contributed by atoms with Gasteiger partial charge in [-0.25, -0.2) is 0 Å². The fourth-order valence-electron chi connectivity index (χ4n) is 3.79. The van der Waals surface area contributed by atoms with E-state index >= 15 is 0 Å². The summed E-state index contributed by atoms with van der Waals surface area (Å²) in [5.41, 5.74) is 2.43. The van der Waals surface area contributed by atoms with Gasteiger partial charge < -0.3 is 4.90 Å². The largest absolute Gasteiger partial charge is 0.334 e. The maximum absolute atomic E-state index is 3.84. The minimum atomic E-state index is 0.312. The third-order valence-corrected chi connectivity index (χ3v) is 7.13. The summed E-state index contributed by atoms with van der Waals surface area (Å²) in [5.74, 6) is 0. The van der Waals surface area contributed by atoms with E-state index in [-0.39, 0.29) is 0 Å². The van der Waals surface area contributed by atoms with Crippen LogP contribution in [0.4, 0.5) is 11.4 Å². The van der Waals surface area contributed by atoms with Crippen molar-refractivity contribution in [3.05, 3.63) is 95.5 Å². The molecule has 132 valence electrons. The first-order valence-electron chi connectivity index (χ1n) is 9.10. The van der Waals surface area contributed by atoms with Crippen LogP contribution >= 0.6 is 27.3 Å². The highest BCUT2D eigenvalue weighted by atomic mass is 79.9. The molecule has 4 aromatic rings. The Morgan fingerprint density at radius 1 is 0.852 bits per heavy atom. The summed E-state index contributed by atoms with van der Waals surface area (Å²) >= 11 is 5.69. The maximum Gasteiger partial charge on any atom is 0.0559 e. The molecule has 0 amide bonds. The standard InChI is InChI=1S/C24H18BrNS/c25-22-16-19(15-21-20-13-7-8-14-23(20)27-24(21)22)26(17-9-3-1-4-10-17)18-11-5-2-6-12-18/h1-11,13-16,18H,12H2. The van der Waals surface area contributed by atoms with E-state index in [0.29, 0.717) is 6.04 Å². The van der Waals surface area contributed by atoms with Crippen molar-refractivity contribution in [3.63, 3.8) is 0 Å². The van der Waals surface area contributed by atoms with E-state index in [1.165, 1.54) is 31.5 Å². The number of hydrogen-bond donors (Lipinski definition) is 0. The average molecular weight is 432 g/mol. The van der Waals surface area contributed by atoms with E-state index in [2.05, 4.69) is 112 Å². The third kappa shape index (κ3) is 3.01. The van der Waals surface area contributed by atoms with Gasteiger partial charge in [-0.1, -0.05) is 60.7 Å². The number of halogens is 1. The van der Waals surface area contributed by atoms with Crippen LogP contribution in [0.2, 0.25) is 0 Å². The number of benzene rings is 3. The van der Waals surface area contributed by atoms with Gasteiger partial charge in [-0.2, -0.15) is 0 Å². The third-order valence-electron chi connectivity index (χ3n) is 5.02. The van der Waals surface area contributed by atoms with Gasteiger partial charge in [-0.3, -0.25) is 0 Å². The molecule has 0 saturated heterocycles. The highest BCUT2D eigenvalue weighted by Crippen LogP contribution is 2.42. The molecule has 27 heavy (non-hydrogen) atoms. The number of nitrogens with zero attached hydrogens (tertiary/aromatic N) is 1. The molecule has 1 aromatic heterocycles. The molecule has 0 bridgehead atoms. The molecular formula is C24H18BrNS. The molecule has 0 radical (unpaired) electrons. The van der Waals surface area contributed by atoms with Crippen molar-refractivity contribution in [2.24, 2.45) is 0 Å². The van der Waals surface area contributed by atoms with Crippen molar-refractivity contribution < 1.29 is 0 Å². The van der Waals surface area contributed by atoms with Gasteiger partial charge in [0.2, 0.25) is 0 Å². The van der Waals surface area contributed by atoms with E-state index in [1.54, 1.807) is 0 Å². The molecular weight excluding hydrogens is 414 g/mol. The van der Waals surface area contributed by atoms with Crippen LogP contribution in [0.5, 0.6) is 0 Å². The van der Waals surface area contributed by atoms with Gasteiger partial charge in [-0.15, -0.1) is 11.3 Å². The van der Waals surface area contributed by atoms with E-state index in [9.17, 15) is 0 Å². The lowest BCUT2D eigenvalue weighted by molar-refractivity contribution is 0.785. The fourth-order valence-corrected chi connectivity index (χ4v) is 5.57. The lowest BCUT2D eigenvalue weighted by Gasteiger charge is -2.32.